The Kier molecular flexibility index (Phi) is 10.6. The average Bonchev–Trinajstić information content (AvgIpc) is 1.57. The highest BCUT2D eigenvalue weighted by Gasteiger charge is 2.39. The molecule has 2 aliphatic heterocycles. The Hall–Kier alpha value is -10.8. The van der Waals surface area contributed by atoms with Gasteiger partial charge in [0.1, 0.15) is 46.0 Å². The molecule has 458 valence electrons. The van der Waals surface area contributed by atoms with Crippen LogP contribution in [0, 0.1) is 11.8 Å². The lowest BCUT2D eigenvalue weighted by Crippen LogP contribution is -2.17. The van der Waals surface area contributed by atoms with Crippen molar-refractivity contribution in [2.45, 2.75) is 87.2 Å². The summed E-state index contributed by atoms with van der Waals surface area (Å²) in [6.07, 6.45) is 24.5. The molecule has 0 radical (unpaired) electrons. The van der Waals surface area contributed by atoms with E-state index < -0.39 is 0 Å². The molecule has 8 aliphatic rings. The smallest absolute Gasteiger partial charge is 0.135 e. The monoisotopic (exact) mass is 1240 g/mol. The highest BCUT2D eigenvalue weighted by molar-refractivity contribution is 6.15. The van der Waals surface area contributed by atoms with Gasteiger partial charge in [-0.3, -0.25) is 0 Å². The molecule has 15 aromatic rings. The van der Waals surface area contributed by atoms with Gasteiger partial charge in [-0.2, -0.15) is 0 Å². The molecule has 4 saturated carbocycles. The number of ether oxygens (including phenoxy) is 2. The first-order valence-electron chi connectivity index (χ1n) is 35.1. The highest BCUT2D eigenvalue weighted by atomic mass is 16.5. The van der Waals surface area contributed by atoms with Gasteiger partial charge in [-0.25, -0.2) is 0 Å². The van der Waals surface area contributed by atoms with Crippen LogP contribution < -0.4 is 9.47 Å². The molecular weight excluding hydrogens is 1170 g/mol. The summed E-state index contributed by atoms with van der Waals surface area (Å²) in [4.78, 5) is 0. The normalized spacial score (nSPS) is 20.2. The summed E-state index contributed by atoms with van der Waals surface area (Å²) >= 11 is 0. The standard InChI is InChI=1S/C90H64N2O4/c1-2-65(91-79-24-12-57(61-20-32-87-75(44-61)71-40-53(49-4-5-49)16-28-83(71)93-87)36-67(79)68-37-58(13-25-80(68)91)62-21-33-88-76(45-62)72-41-54(50-6-7-50)17-29-84(72)94-88)48-66(3-1)92-81-26-14-59(63-22-34-89-77(46-63)73-42-55(51-8-9-51)18-30-85(73)95-89)38-69(81)70-39-60(15-27-82(70)92)64-23-35-90-78(47-64)74-43-56(52-10-11-52)19-31-86(74)96-90/h1-3,12-52,71,73,83,85H,4-11H2. The number of hydrogen-bond donors (Lipinski definition) is 0. The van der Waals surface area contributed by atoms with E-state index in [0.29, 0.717) is 23.7 Å². The van der Waals surface area contributed by atoms with Gasteiger partial charge >= 0.3 is 0 Å². The molecule has 4 unspecified atom stereocenters. The molecule has 6 heterocycles. The van der Waals surface area contributed by atoms with Gasteiger partial charge in [0.25, 0.3) is 0 Å². The van der Waals surface area contributed by atoms with Crippen LogP contribution in [0.4, 0.5) is 0 Å². The van der Waals surface area contributed by atoms with Gasteiger partial charge in [-0.1, -0.05) is 91.0 Å². The highest BCUT2D eigenvalue weighted by Crippen LogP contribution is 2.52. The lowest BCUT2D eigenvalue weighted by Gasteiger charge is -2.18. The van der Waals surface area contributed by atoms with Gasteiger partial charge in [0, 0.05) is 77.4 Å². The molecule has 6 aliphatic carbocycles. The molecule has 0 spiro atoms. The summed E-state index contributed by atoms with van der Waals surface area (Å²) in [5, 5.41) is 9.56. The van der Waals surface area contributed by atoms with Crippen molar-refractivity contribution in [1.29, 1.82) is 0 Å². The lowest BCUT2D eigenvalue weighted by atomic mass is 9.86. The van der Waals surface area contributed by atoms with E-state index in [1.165, 1.54) is 172 Å². The Labute approximate surface area is 554 Å². The van der Waals surface area contributed by atoms with Crippen molar-refractivity contribution in [3.8, 4) is 67.4 Å². The number of allylic oxidation sites excluding steroid dienone is 4. The zero-order chi connectivity index (χ0) is 62.2. The Morgan fingerprint density at radius 3 is 1.01 bits per heavy atom. The number of furan rings is 2. The third-order valence-electron chi connectivity index (χ3n) is 23.1. The van der Waals surface area contributed by atoms with Crippen molar-refractivity contribution < 1.29 is 18.3 Å². The Morgan fingerprint density at radius 2 is 0.625 bits per heavy atom. The number of rotatable bonds is 10. The number of hydrogen-bond acceptors (Lipinski definition) is 4. The molecule has 23 rings (SSSR count). The minimum absolute atomic E-state index is 0.0425. The van der Waals surface area contributed by atoms with Gasteiger partial charge in [0.05, 0.1) is 22.1 Å². The fraction of sp³-hybridized carbons (Fsp3) is 0.178. The third-order valence-corrected chi connectivity index (χ3v) is 23.1. The van der Waals surface area contributed by atoms with Gasteiger partial charge in [-0.05, 0) is 293 Å². The second-order valence-electron chi connectivity index (χ2n) is 29.1. The lowest BCUT2D eigenvalue weighted by molar-refractivity contribution is 0.268. The van der Waals surface area contributed by atoms with Gasteiger partial charge in [0.2, 0.25) is 0 Å². The zero-order valence-corrected chi connectivity index (χ0v) is 52.9. The summed E-state index contributed by atoms with van der Waals surface area (Å²) in [7, 11) is 0. The van der Waals surface area contributed by atoms with Crippen molar-refractivity contribution in [3.63, 3.8) is 0 Å². The summed E-state index contributed by atoms with van der Waals surface area (Å²) in [5.74, 6) is 5.16. The van der Waals surface area contributed by atoms with E-state index in [-0.39, 0.29) is 24.0 Å². The summed E-state index contributed by atoms with van der Waals surface area (Å²) in [5.41, 5.74) is 28.4. The maximum Gasteiger partial charge on any atom is 0.135 e. The molecule has 4 atom stereocenters. The van der Waals surface area contributed by atoms with Crippen LogP contribution in [0.2, 0.25) is 0 Å². The van der Waals surface area contributed by atoms with Crippen molar-refractivity contribution in [3.05, 3.63) is 276 Å². The van der Waals surface area contributed by atoms with Crippen LogP contribution in [0.3, 0.4) is 0 Å². The molecule has 6 nitrogen and oxygen atoms in total. The van der Waals surface area contributed by atoms with Crippen LogP contribution >= 0.6 is 0 Å². The van der Waals surface area contributed by atoms with E-state index in [1.807, 2.05) is 0 Å². The Morgan fingerprint density at radius 1 is 0.292 bits per heavy atom. The van der Waals surface area contributed by atoms with Crippen molar-refractivity contribution >= 4 is 87.5 Å². The quantitative estimate of drug-likeness (QED) is 0.137. The van der Waals surface area contributed by atoms with Crippen LogP contribution in [0.25, 0.3) is 143 Å². The molecule has 6 heteroatoms. The van der Waals surface area contributed by atoms with E-state index in [4.69, 9.17) is 18.3 Å². The van der Waals surface area contributed by atoms with Crippen LogP contribution in [0.15, 0.2) is 263 Å². The van der Waals surface area contributed by atoms with E-state index in [2.05, 4.69) is 252 Å². The number of nitrogens with zero attached hydrogens (tertiary/aromatic N) is 2. The van der Waals surface area contributed by atoms with Crippen LogP contribution in [0.1, 0.15) is 97.3 Å². The SMILES string of the molecule is C1=CC2Oc3ccc(-c4ccc5c(c4)c4cc(-c6ccc7oc8ccc(C9CC9)cc8c7c6)ccc4n5-c4cccc(-n5c6ccc(-c7ccc8c(c7)C7C=C(C9CC9)C=CC7O8)cc6c6cc(-c7ccc8oc9ccc(C%10CC%10)cc9c8c7)ccc65)c4)cc3C2C=C1C1CC1. The molecule has 0 N–H and O–H groups in total. The minimum atomic E-state index is 0.0425. The second-order valence-corrected chi connectivity index (χ2v) is 29.1. The first-order chi connectivity index (χ1) is 47.4. The molecule has 96 heavy (non-hydrogen) atoms. The predicted molar refractivity (Wildman–Crippen MR) is 390 cm³/mol. The first kappa shape index (κ1) is 52.5. The van der Waals surface area contributed by atoms with Gasteiger partial charge in [-0.15, -0.1) is 0 Å². The molecule has 11 aromatic carbocycles. The summed E-state index contributed by atoms with van der Waals surface area (Å²) in [6.45, 7) is 0. The van der Waals surface area contributed by atoms with Gasteiger partial charge < -0.3 is 27.4 Å². The Bertz CT molecular complexity index is 5740. The van der Waals surface area contributed by atoms with Crippen molar-refractivity contribution in [2.24, 2.45) is 11.8 Å². The van der Waals surface area contributed by atoms with E-state index >= 15 is 0 Å². The average molecular weight is 1240 g/mol. The minimum Gasteiger partial charge on any atom is -0.485 e. The number of fused-ring (bicyclic) bond motifs is 18. The van der Waals surface area contributed by atoms with Gasteiger partial charge in [0.15, 0.2) is 0 Å². The first-order valence-corrected chi connectivity index (χ1v) is 35.1. The number of benzene rings is 11. The molecule has 4 aromatic heterocycles. The fourth-order valence-electron chi connectivity index (χ4n) is 17.4. The van der Waals surface area contributed by atoms with Crippen LogP contribution in [-0.2, 0) is 0 Å². The van der Waals surface area contributed by atoms with E-state index in [0.717, 1.165) is 67.3 Å². The Balaban J connectivity index is 0.686. The molecule has 4 fully saturated rings. The fourth-order valence-corrected chi connectivity index (χ4v) is 17.4. The zero-order valence-electron chi connectivity index (χ0n) is 52.9. The number of aromatic nitrogens is 2. The van der Waals surface area contributed by atoms with E-state index in [9.17, 15) is 0 Å². The molecule has 0 amide bonds. The van der Waals surface area contributed by atoms with E-state index in [1.54, 1.807) is 0 Å². The summed E-state index contributed by atoms with van der Waals surface area (Å²) in [6, 6.07) is 78.6. The predicted octanol–water partition coefficient (Wildman–Crippen LogP) is 23.6. The molecule has 0 bridgehead atoms. The third kappa shape index (κ3) is 8.11. The maximum absolute atomic E-state index is 6.60. The van der Waals surface area contributed by atoms with Crippen molar-refractivity contribution in [1.82, 2.24) is 9.13 Å². The molecular formula is C90H64N2O4. The molecule has 0 saturated heterocycles. The summed E-state index contributed by atoms with van der Waals surface area (Å²) < 4.78 is 31.1. The second kappa shape index (κ2) is 19.4. The van der Waals surface area contributed by atoms with Crippen LogP contribution in [0.5, 0.6) is 11.5 Å². The largest absolute Gasteiger partial charge is 0.485 e. The topological polar surface area (TPSA) is 54.6 Å². The van der Waals surface area contributed by atoms with Crippen molar-refractivity contribution in [2.75, 3.05) is 0 Å². The maximum atomic E-state index is 6.60. The van der Waals surface area contributed by atoms with Crippen LogP contribution in [-0.4, -0.2) is 21.3 Å².